The number of methoxy groups -OCH3 is 1. The van der Waals surface area contributed by atoms with Gasteiger partial charge in [-0.15, -0.1) is 11.3 Å². The van der Waals surface area contributed by atoms with Crippen molar-refractivity contribution < 1.29 is 9.47 Å². The minimum absolute atomic E-state index is 0.128. The molecule has 1 aromatic carbocycles. The summed E-state index contributed by atoms with van der Waals surface area (Å²) in [6.07, 6.45) is 1.71. The number of thiazole rings is 1. The van der Waals surface area contributed by atoms with Gasteiger partial charge in [-0.25, -0.2) is 4.98 Å². The predicted octanol–water partition coefficient (Wildman–Crippen LogP) is 3.01. The summed E-state index contributed by atoms with van der Waals surface area (Å²) in [5.74, 6) is 1.67. The fourth-order valence-electron chi connectivity index (χ4n) is 1.87. The molecule has 108 valence electrons. The Morgan fingerprint density at radius 3 is 2.90 bits per heavy atom. The highest BCUT2D eigenvalue weighted by molar-refractivity contribution is 7.07. The van der Waals surface area contributed by atoms with Gasteiger partial charge in [0.25, 0.3) is 0 Å². The number of ether oxygens (including phenoxy) is 2. The lowest BCUT2D eigenvalue weighted by molar-refractivity contribution is 0.297. The Labute approximate surface area is 123 Å². The topological polar surface area (TPSA) is 57.4 Å². The summed E-state index contributed by atoms with van der Waals surface area (Å²) in [7, 11) is 1.66. The van der Waals surface area contributed by atoms with Gasteiger partial charge in [0, 0.05) is 11.4 Å². The van der Waals surface area contributed by atoms with Crippen molar-refractivity contribution in [2.75, 3.05) is 7.11 Å². The third-order valence-electron chi connectivity index (χ3n) is 3.13. The Morgan fingerprint density at radius 2 is 2.25 bits per heavy atom. The Bertz CT molecular complexity index is 529. The molecular formula is C15H20N2O2S. The molecule has 0 spiro atoms. The molecule has 0 amide bonds. The van der Waals surface area contributed by atoms with Crippen molar-refractivity contribution in [3.05, 3.63) is 40.3 Å². The number of hydrogen-bond acceptors (Lipinski definition) is 5. The molecule has 2 aromatic rings. The second-order valence-corrected chi connectivity index (χ2v) is 5.33. The monoisotopic (exact) mass is 292 g/mol. The molecule has 0 fully saturated rings. The van der Waals surface area contributed by atoms with Crippen LogP contribution in [0.2, 0.25) is 0 Å². The van der Waals surface area contributed by atoms with Crippen LogP contribution in [0.1, 0.15) is 24.6 Å². The first kappa shape index (κ1) is 14.8. The van der Waals surface area contributed by atoms with Gasteiger partial charge in [-0.3, -0.25) is 0 Å². The molecule has 2 rings (SSSR count). The van der Waals surface area contributed by atoms with Gasteiger partial charge in [0.15, 0.2) is 0 Å². The van der Waals surface area contributed by atoms with E-state index in [2.05, 4.69) is 11.9 Å². The third kappa shape index (κ3) is 3.95. The molecule has 1 atom stereocenters. The number of rotatable bonds is 7. The molecule has 0 saturated heterocycles. The number of aromatic nitrogens is 1. The SMILES string of the molecule is CCC(N)Cc1cc(OC)ccc1OCc1cscn1. The average molecular weight is 292 g/mol. The zero-order valence-corrected chi connectivity index (χ0v) is 12.7. The molecule has 1 aromatic heterocycles. The zero-order valence-electron chi connectivity index (χ0n) is 11.8. The third-order valence-corrected chi connectivity index (χ3v) is 3.77. The van der Waals surface area contributed by atoms with Crippen LogP contribution in [0.25, 0.3) is 0 Å². The molecule has 2 N–H and O–H groups in total. The van der Waals surface area contributed by atoms with Gasteiger partial charge in [-0.2, -0.15) is 0 Å². The minimum Gasteiger partial charge on any atom is -0.497 e. The Morgan fingerprint density at radius 1 is 1.40 bits per heavy atom. The summed E-state index contributed by atoms with van der Waals surface area (Å²) < 4.78 is 11.1. The van der Waals surface area contributed by atoms with Crippen LogP contribution >= 0.6 is 11.3 Å². The highest BCUT2D eigenvalue weighted by Crippen LogP contribution is 2.26. The van der Waals surface area contributed by atoms with E-state index in [1.165, 1.54) is 0 Å². The summed E-state index contributed by atoms with van der Waals surface area (Å²) in [4.78, 5) is 4.22. The molecule has 1 heterocycles. The fraction of sp³-hybridized carbons (Fsp3) is 0.400. The molecule has 5 heteroatoms. The van der Waals surface area contributed by atoms with Crippen LogP contribution in [-0.4, -0.2) is 18.1 Å². The predicted molar refractivity (Wildman–Crippen MR) is 81.4 cm³/mol. The quantitative estimate of drug-likeness (QED) is 0.852. The molecule has 4 nitrogen and oxygen atoms in total. The zero-order chi connectivity index (χ0) is 14.4. The summed E-state index contributed by atoms with van der Waals surface area (Å²) in [6, 6.07) is 5.95. The standard InChI is InChI=1S/C15H20N2O2S/c1-3-12(16)6-11-7-14(18-2)4-5-15(11)19-8-13-9-20-10-17-13/h4-5,7,9-10,12H,3,6,8,16H2,1-2H3. The van der Waals surface area contributed by atoms with Gasteiger partial charge < -0.3 is 15.2 Å². The van der Waals surface area contributed by atoms with Gasteiger partial charge in [0.05, 0.1) is 18.3 Å². The van der Waals surface area contributed by atoms with Gasteiger partial charge in [0.2, 0.25) is 0 Å². The largest absolute Gasteiger partial charge is 0.497 e. The van der Waals surface area contributed by atoms with Gasteiger partial charge in [-0.1, -0.05) is 6.92 Å². The first-order valence-electron chi connectivity index (χ1n) is 6.65. The van der Waals surface area contributed by atoms with E-state index < -0.39 is 0 Å². The number of hydrogen-bond donors (Lipinski definition) is 1. The van der Waals surface area contributed by atoms with Gasteiger partial charge in [-0.05, 0) is 36.6 Å². The summed E-state index contributed by atoms with van der Waals surface area (Å²) in [5, 5.41) is 1.99. The second-order valence-electron chi connectivity index (χ2n) is 4.61. The highest BCUT2D eigenvalue weighted by Gasteiger charge is 2.10. The van der Waals surface area contributed by atoms with Gasteiger partial charge >= 0.3 is 0 Å². The Kier molecular flexibility index (Phi) is 5.38. The molecule has 0 aliphatic rings. The van der Waals surface area contributed by atoms with Crippen molar-refractivity contribution >= 4 is 11.3 Å². The molecule has 0 saturated carbocycles. The van der Waals surface area contributed by atoms with Crippen molar-refractivity contribution in [1.82, 2.24) is 4.98 Å². The van der Waals surface area contributed by atoms with Crippen LogP contribution in [0.3, 0.4) is 0 Å². The van der Waals surface area contributed by atoms with Crippen molar-refractivity contribution in [2.45, 2.75) is 32.4 Å². The van der Waals surface area contributed by atoms with Crippen LogP contribution in [-0.2, 0) is 13.0 Å². The maximum atomic E-state index is 6.05. The number of nitrogens with zero attached hydrogens (tertiary/aromatic N) is 1. The Hall–Kier alpha value is -1.59. The van der Waals surface area contributed by atoms with E-state index in [-0.39, 0.29) is 6.04 Å². The molecule has 0 aliphatic carbocycles. The van der Waals surface area contributed by atoms with E-state index >= 15 is 0 Å². The van der Waals surface area contributed by atoms with Crippen molar-refractivity contribution in [3.8, 4) is 11.5 Å². The lowest BCUT2D eigenvalue weighted by atomic mass is 10.0. The van der Waals surface area contributed by atoms with Crippen molar-refractivity contribution in [1.29, 1.82) is 0 Å². The maximum absolute atomic E-state index is 6.05. The average Bonchev–Trinajstić information content (AvgIpc) is 2.99. The van der Waals surface area contributed by atoms with Crippen LogP contribution < -0.4 is 15.2 Å². The van der Waals surface area contributed by atoms with Crippen LogP contribution in [0.5, 0.6) is 11.5 Å². The van der Waals surface area contributed by atoms with E-state index in [1.54, 1.807) is 24.0 Å². The molecule has 0 radical (unpaired) electrons. The summed E-state index contributed by atoms with van der Waals surface area (Å²) >= 11 is 1.57. The lowest BCUT2D eigenvalue weighted by Crippen LogP contribution is -2.21. The van der Waals surface area contributed by atoms with E-state index in [0.29, 0.717) is 6.61 Å². The van der Waals surface area contributed by atoms with Crippen LogP contribution in [0.15, 0.2) is 29.1 Å². The van der Waals surface area contributed by atoms with E-state index in [1.807, 2.05) is 23.6 Å². The van der Waals surface area contributed by atoms with Crippen molar-refractivity contribution in [3.63, 3.8) is 0 Å². The Balaban J connectivity index is 2.12. The number of nitrogens with two attached hydrogens (primary N) is 1. The van der Waals surface area contributed by atoms with Gasteiger partial charge in [0.1, 0.15) is 18.1 Å². The molecule has 1 unspecified atom stereocenters. The molecule has 20 heavy (non-hydrogen) atoms. The van der Waals surface area contributed by atoms with Crippen molar-refractivity contribution in [2.24, 2.45) is 5.73 Å². The first-order chi connectivity index (χ1) is 9.72. The van der Waals surface area contributed by atoms with E-state index in [0.717, 1.165) is 35.6 Å². The minimum atomic E-state index is 0.128. The fourth-order valence-corrected chi connectivity index (χ4v) is 2.41. The van der Waals surface area contributed by atoms with Crippen LogP contribution in [0.4, 0.5) is 0 Å². The number of benzene rings is 1. The lowest BCUT2D eigenvalue weighted by Gasteiger charge is -2.15. The van der Waals surface area contributed by atoms with E-state index in [9.17, 15) is 0 Å². The normalized spacial score (nSPS) is 12.2. The van der Waals surface area contributed by atoms with Crippen LogP contribution in [0, 0.1) is 0 Å². The first-order valence-corrected chi connectivity index (χ1v) is 7.59. The smallest absolute Gasteiger partial charge is 0.131 e. The molecule has 0 bridgehead atoms. The molecule has 0 aliphatic heterocycles. The summed E-state index contributed by atoms with van der Waals surface area (Å²) in [6.45, 7) is 2.56. The second kappa shape index (κ2) is 7.26. The maximum Gasteiger partial charge on any atom is 0.131 e. The highest BCUT2D eigenvalue weighted by atomic mass is 32.1. The molecular weight excluding hydrogens is 272 g/mol. The summed E-state index contributed by atoms with van der Waals surface area (Å²) in [5.41, 5.74) is 9.87. The van der Waals surface area contributed by atoms with E-state index in [4.69, 9.17) is 15.2 Å².